The minimum absolute atomic E-state index is 0.188. The predicted octanol–water partition coefficient (Wildman–Crippen LogP) is 2.01. The Morgan fingerprint density at radius 2 is 1.94 bits per heavy atom. The quantitative estimate of drug-likeness (QED) is 0.846. The highest BCUT2D eigenvalue weighted by atomic mass is 16.5. The van der Waals surface area contributed by atoms with Gasteiger partial charge in [0.25, 0.3) is 0 Å². The van der Waals surface area contributed by atoms with E-state index in [2.05, 4.69) is 11.4 Å². The molecule has 4 nitrogen and oxygen atoms in total. The maximum atomic E-state index is 8.72. The zero-order chi connectivity index (χ0) is 12.8. The summed E-state index contributed by atoms with van der Waals surface area (Å²) in [6, 6.07) is 5.81. The van der Waals surface area contributed by atoms with Crippen molar-refractivity contribution in [3.63, 3.8) is 0 Å². The van der Waals surface area contributed by atoms with E-state index >= 15 is 0 Å². The Labute approximate surface area is 102 Å². The van der Waals surface area contributed by atoms with E-state index in [9.17, 15) is 0 Å². The van der Waals surface area contributed by atoms with E-state index in [-0.39, 0.29) is 6.04 Å². The van der Waals surface area contributed by atoms with Gasteiger partial charge >= 0.3 is 0 Å². The maximum Gasteiger partial charge on any atom is 0.123 e. The van der Waals surface area contributed by atoms with Crippen LogP contribution in [0.15, 0.2) is 12.1 Å². The van der Waals surface area contributed by atoms with E-state index in [1.807, 2.05) is 26.0 Å². The second kappa shape index (κ2) is 6.12. The van der Waals surface area contributed by atoms with Crippen LogP contribution < -0.4 is 14.8 Å². The standard InChI is InChI=1S/C13H18N2O2/c1-9-5-13(17-4)11(6-12(9)16-3)8-15-10(2)7-14/h5-6,10,15H,8H2,1-4H3. The molecule has 1 rings (SSSR count). The highest BCUT2D eigenvalue weighted by molar-refractivity contribution is 5.45. The van der Waals surface area contributed by atoms with Gasteiger partial charge < -0.3 is 9.47 Å². The Hall–Kier alpha value is -1.73. The van der Waals surface area contributed by atoms with Crippen LogP contribution in [0.3, 0.4) is 0 Å². The minimum Gasteiger partial charge on any atom is -0.496 e. The summed E-state index contributed by atoms with van der Waals surface area (Å²) in [7, 11) is 3.28. The van der Waals surface area contributed by atoms with Crippen molar-refractivity contribution in [1.82, 2.24) is 5.32 Å². The van der Waals surface area contributed by atoms with Crippen molar-refractivity contribution < 1.29 is 9.47 Å². The number of hydrogen-bond donors (Lipinski definition) is 1. The Balaban J connectivity index is 2.93. The van der Waals surface area contributed by atoms with Gasteiger partial charge in [-0.3, -0.25) is 5.32 Å². The molecule has 1 aromatic rings. The Morgan fingerprint density at radius 3 is 2.47 bits per heavy atom. The molecular formula is C13H18N2O2. The number of ether oxygens (including phenoxy) is 2. The van der Waals surface area contributed by atoms with E-state index in [0.29, 0.717) is 6.54 Å². The van der Waals surface area contributed by atoms with Gasteiger partial charge in [0.1, 0.15) is 11.5 Å². The number of nitrogens with one attached hydrogen (secondary N) is 1. The van der Waals surface area contributed by atoms with Crippen molar-refractivity contribution in [2.24, 2.45) is 0 Å². The first-order valence-corrected chi connectivity index (χ1v) is 5.46. The van der Waals surface area contributed by atoms with Crippen molar-refractivity contribution in [2.75, 3.05) is 14.2 Å². The fraction of sp³-hybridized carbons (Fsp3) is 0.462. The van der Waals surface area contributed by atoms with E-state index in [1.54, 1.807) is 14.2 Å². The fourth-order valence-corrected chi connectivity index (χ4v) is 1.56. The first kappa shape index (κ1) is 13.3. The van der Waals surface area contributed by atoms with Crippen LogP contribution in [-0.2, 0) is 6.54 Å². The number of benzene rings is 1. The van der Waals surface area contributed by atoms with Crippen LogP contribution in [0.5, 0.6) is 11.5 Å². The Morgan fingerprint density at radius 1 is 1.29 bits per heavy atom. The number of nitriles is 1. The summed E-state index contributed by atoms with van der Waals surface area (Å²) < 4.78 is 10.6. The molecule has 1 atom stereocenters. The highest BCUT2D eigenvalue weighted by Gasteiger charge is 2.09. The van der Waals surface area contributed by atoms with Crippen LogP contribution in [-0.4, -0.2) is 20.3 Å². The van der Waals surface area contributed by atoms with Crippen molar-refractivity contribution in [3.05, 3.63) is 23.3 Å². The number of rotatable bonds is 5. The monoisotopic (exact) mass is 234 g/mol. The van der Waals surface area contributed by atoms with Crippen molar-refractivity contribution in [1.29, 1.82) is 5.26 Å². The van der Waals surface area contributed by atoms with E-state index in [1.165, 1.54) is 0 Å². The maximum absolute atomic E-state index is 8.72. The third-order valence-corrected chi connectivity index (χ3v) is 2.59. The molecule has 0 heterocycles. The van der Waals surface area contributed by atoms with Crippen LogP contribution in [0.4, 0.5) is 0 Å². The van der Waals surface area contributed by atoms with Crippen LogP contribution in [0, 0.1) is 18.3 Å². The van der Waals surface area contributed by atoms with Gasteiger partial charge in [0.05, 0.1) is 26.3 Å². The SMILES string of the molecule is COc1cc(CNC(C)C#N)c(OC)cc1C. The van der Waals surface area contributed by atoms with Gasteiger partial charge in [0.15, 0.2) is 0 Å². The van der Waals surface area contributed by atoms with Crippen LogP contribution in [0.25, 0.3) is 0 Å². The zero-order valence-electron chi connectivity index (χ0n) is 10.7. The second-order valence-electron chi connectivity index (χ2n) is 3.87. The fourth-order valence-electron chi connectivity index (χ4n) is 1.56. The number of hydrogen-bond acceptors (Lipinski definition) is 4. The van der Waals surface area contributed by atoms with Gasteiger partial charge in [-0.05, 0) is 31.5 Å². The Bertz CT molecular complexity index is 424. The normalized spacial score (nSPS) is 11.7. The lowest BCUT2D eigenvalue weighted by atomic mass is 10.1. The van der Waals surface area contributed by atoms with E-state index in [0.717, 1.165) is 22.6 Å². The molecule has 0 aromatic heterocycles. The summed E-state index contributed by atoms with van der Waals surface area (Å²) in [6.07, 6.45) is 0. The molecule has 0 saturated carbocycles. The lowest BCUT2D eigenvalue weighted by molar-refractivity contribution is 0.394. The third kappa shape index (κ3) is 3.36. The summed E-state index contributed by atoms with van der Waals surface area (Å²) in [5.74, 6) is 1.63. The molecule has 1 aromatic carbocycles. The van der Waals surface area contributed by atoms with Gasteiger partial charge in [0.2, 0.25) is 0 Å². The summed E-state index contributed by atoms with van der Waals surface area (Å²) in [4.78, 5) is 0. The smallest absolute Gasteiger partial charge is 0.123 e. The Kier molecular flexibility index (Phi) is 4.80. The van der Waals surface area contributed by atoms with Gasteiger partial charge in [-0.1, -0.05) is 0 Å². The lowest BCUT2D eigenvalue weighted by Crippen LogP contribution is -2.23. The van der Waals surface area contributed by atoms with E-state index in [4.69, 9.17) is 14.7 Å². The van der Waals surface area contributed by atoms with Crippen molar-refractivity contribution >= 4 is 0 Å². The van der Waals surface area contributed by atoms with Gasteiger partial charge in [0, 0.05) is 12.1 Å². The average molecular weight is 234 g/mol. The van der Waals surface area contributed by atoms with Crippen molar-refractivity contribution in [3.8, 4) is 17.6 Å². The van der Waals surface area contributed by atoms with E-state index < -0.39 is 0 Å². The zero-order valence-corrected chi connectivity index (χ0v) is 10.7. The average Bonchev–Trinajstić information content (AvgIpc) is 2.36. The van der Waals surface area contributed by atoms with Gasteiger partial charge in [-0.15, -0.1) is 0 Å². The molecule has 0 aliphatic heterocycles. The van der Waals surface area contributed by atoms with Crippen molar-refractivity contribution in [2.45, 2.75) is 26.4 Å². The molecule has 92 valence electrons. The van der Waals surface area contributed by atoms with Crippen LogP contribution in [0.2, 0.25) is 0 Å². The largest absolute Gasteiger partial charge is 0.496 e. The summed E-state index contributed by atoms with van der Waals surface area (Å²) in [5.41, 5.74) is 2.01. The highest BCUT2D eigenvalue weighted by Crippen LogP contribution is 2.28. The van der Waals surface area contributed by atoms with Crippen LogP contribution in [0.1, 0.15) is 18.1 Å². The molecule has 1 N–H and O–H groups in total. The number of methoxy groups -OCH3 is 2. The summed E-state index contributed by atoms with van der Waals surface area (Å²) in [6.45, 7) is 4.36. The molecule has 4 heteroatoms. The number of aryl methyl sites for hydroxylation is 1. The lowest BCUT2D eigenvalue weighted by Gasteiger charge is -2.14. The molecule has 0 amide bonds. The molecule has 0 radical (unpaired) electrons. The molecule has 0 bridgehead atoms. The molecular weight excluding hydrogens is 216 g/mol. The molecule has 0 saturated heterocycles. The molecule has 0 spiro atoms. The molecule has 0 aliphatic carbocycles. The number of nitrogens with zero attached hydrogens (tertiary/aromatic N) is 1. The summed E-state index contributed by atoms with van der Waals surface area (Å²) in [5, 5.41) is 11.8. The second-order valence-corrected chi connectivity index (χ2v) is 3.87. The molecule has 0 fully saturated rings. The molecule has 0 aliphatic rings. The first-order chi connectivity index (χ1) is 8.12. The molecule has 17 heavy (non-hydrogen) atoms. The summed E-state index contributed by atoms with van der Waals surface area (Å²) >= 11 is 0. The minimum atomic E-state index is -0.188. The first-order valence-electron chi connectivity index (χ1n) is 5.46. The van der Waals surface area contributed by atoms with Gasteiger partial charge in [-0.2, -0.15) is 5.26 Å². The molecule has 1 unspecified atom stereocenters. The third-order valence-electron chi connectivity index (χ3n) is 2.59. The predicted molar refractivity (Wildman–Crippen MR) is 66.2 cm³/mol. The van der Waals surface area contributed by atoms with Crippen LogP contribution >= 0.6 is 0 Å². The topological polar surface area (TPSA) is 54.3 Å². The van der Waals surface area contributed by atoms with Gasteiger partial charge in [-0.25, -0.2) is 0 Å².